The van der Waals surface area contributed by atoms with Crippen molar-refractivity contribution in [1.82, 2.24) is 4.31 Å². The fourth-order valence-electron chi connectivity index (χ4n) is 2.51. The third kappa shape index (κ3) is 4.15. The Hall–Kier alpha value is -2.44. The van der Waals surface area contributed by atoms with Gasteiger partial charge in [0.15, 0.2) is 0 Å². The first kappa shape index (κ1) is 18.9. The van der Waals surface area contributed by atoms with Gasteiger partial charge in [0.05, 0.1) is 17.6 Å². The fraction of sp³-hybridized carbons (Fsp3) is 0.211. The predicted octanol–water partition coefficient (Wildman–Crippen LogP) is 3.41. The lowest BCUT2D eigenvalue weighted by atomic mass is 10.1. The summed E-state index contributed by atoms with van der Waals surface area (Å²) in [5, 5.41) is 0. The van der Waals surface area contributed by atoms with Crippen LogP contribution < -0.4 is 0 Å². The van der Waals surface area contributed by atoms with Crippen LogP contribution in [-0.2, 0) is 14.8 Å². The standard InChI is InChI=1S/C19H21NO4S/c1-4-14-20(15(2)16-8-6-5-7-9-16)25(22,23)18-12-10-17(11-13-18)19(21)24-3/h4-13,15H,1,14H2,2-3H3. The molecule has 0 saturated heterocycles. The summed E-state index contributed by atoms with van der Waals surface area (Å²) in [6, 6.07) is 14.7. The molecule has 0 aliphatic carbocycles. The van der Waals surface area contributed by atoms with Crippen LogP contribution in [0.25, 0.3) is 0 Å². The maximum atomic E-state index is 13.0. The van der Waals surface area contributed by atoms with Crippen molar-refractivity contribution < 1.29 is 17.9 Å². The predicted molar refractivity (Wildman–Crippen MR) is 96.7 cm³/mol. The minimum atomic E-state index is -3.75. The summed E-state index contributed by atoms with van der Waals surface area (Å²) in [7, 11) is -2.47. The summed E-state index contributed by atoms with van der Waals surface area (Å²) in [5.74, 6) is -0.510. The van der Waals surface area contributed by atoms with Gasteiger partial charge < -0.3 is 4.74 Å². The van der Waals surface area contributed by atoms with Crippen molar-refractivity contribution in [3.8, 4) is 0 Å². The molecule has 2 aromatic carbocycles. The van der Waals surface area contributed by atoms with E-state index in [4.69, 9.17) is 0 Å². The molecule has 0 aromatic heterocycles. The van der Waals surface area contributed by atoms with Crippen molar-refractivity contribution >= 4 is 16.0 Å². The number of methoxy groups -OCH3 is 1. The van der Waals surface area contributed by atoms with Gasteiger partial charge in [-0.2, -0.15) is 4.31 Å². The minimum Gasteiger partial charge on any atom is -0.465 e. The van der Waals surface area contributed by atoms with Crippen LogP contribution in [0, 0.1) is 0 Å². The lowest BCUT2D eigenvalue weighted by Crippen LogP contribution is -2.33. The number of benzene rings is 2. The molecule has 0 aliphatic heterocycles. The molecule has 132 valence electrons. The summed E-state index contributed by atoms with van der Waals surface area (Å²) in [4.78, 5) is 11.6. The number of hydrogen-bond donors (Lipinski definition) is 0. The molecule has 0 spiro atoms. The Morgan fingerprint density at radius 2 is 1.76 bits per heavy atom. The number of esters is 1. The van der Waals surface area contributed by atoms with E-state index >= 15 is 0 Å². The Kier molecular flexibility index (Phi) is 6.12. The third-order valence-corrected chi connectivity index (χ3v) is 5.86. The number of nitrogens with zero attached hydrogens (tertiary/aromatic N) is 1. The van der Waals surface area contributed by atoms with Gasteiger partial charge in [0.1, 0.15) is 0 Å². The van der Waals surface area contributed by atoms with Crippen molar-refractivity contribution in [2.24, 2.45) is 0 Å². The van der Waals surface area contributed by atoms with E-state index in [-0.39, 0.29) is 17.5 Å². The lowest BCUT2D eigenvalue weighted by Gasteiger charge is -2.27. The van der Waals surface area contributed by atoms with E-state index in [0.717, 1.165) is 5.56 Å². The summed E-state index contributed by atoms with van der Waals surface area (Å²) < 4.78 is 32.1. The van der Waals surface area contributed by atoms with Crippen molar-refractivity contribution in [1.29, 1.82) is 0 Å². The van der Waals surface area contributed by atoms with Crippen molar-refractivity contribution in [3.05, 3.63) is 78.4 Å². The molecular weight excluding hydrogens is 338 g/mol. The first-order valence-corrected chi connectivity index (χ1v) is 9.22. The second-order valence-electron chi connectivity index (χ2n) is 5.47. The van der Waals surface area contributed by atoms with Gasteiger partial charge in [-0.3, -0.25) is 0 Å². The van der Waals surface area contributed by atoms with Crippen LogP contribution in [0.4, 0.5) is 0 Å². The first-order chi connectivity index (χ1) is 11.9. The molecule has 0 N–H and O–H groups in total. The Balaban J connectivity index is 2.39. The highest BCUT2D eigenvalue weighted by Crippen LogP contribution is 2.27. The molecule has 0 heterocycles. The van der Waals surface area contributed by atoms with E-state index in [9.17, 15) is 13.2 Å². The smallest absolute Gasteiger partial charge is 0.337 e. The number of carbonyl (C=O) groups is 1. The quantitative estimate of drug-likeness (QED) is 0.561. The van der Waals surface area contributed by atoms with Crippen LogP contribution in [0.3, 0.4) is 0 Å². The normalized spacial score (nSPS) is 12.6. The maximum absolute atomic E-state index is 13.0. The molecule has 0 radical (unpaired) electrons. The van der Waals surface area contributed by atoms with Crippen LogP contribution in [0.5, 0.6) is 0 Å². The van der Waals surface area contributed by atoms with E-state index in [1.54, 1.807) is 6.08 Å². The summed E-state index contributed by atoms with van der Waals surface area (Å²) in [6.45, 7) is 5.68. The van der Waals surface area contributed by atoms with E-state index in [1.165, 1.54) is 35.7 Å². The number of sulfonamides is 1. The van der Waals surface area contributed by atoms with Gasteiger partial charge in [0.2, 0.25) is 10.0 Å². The zero-order valence-corrected chi connectivity index (χ0v) is 15.1. The van der Waals surface area contributed by atoms with Gasteiger partial charge in [0.25, 0.3) is 0 Å². The molecule has 0 amide bonds. The van der Waals surface area contributed by atoms with Crippen LogP contribution in [0.2, 0.25) is 0 Å². The number of hydrogen-bond acceptors (Lipinski definition) is 4. The largest absolute Gasteiger partial charge is 0.465 e. The second kappa shape index (κ2) is 8.09. The van der Waals surface area contributed by atoms with Gasteiger partial charge in [-0.1, -0.05) is 36.4 Å². The van der Waals surface area contributed by atoms with Crippen LogP contribution in [0.15, 0.2) is 72.1 Å². The summed E-state index contributed by atoms with van der Waals surface area (Å²) >= 11 is 0. The highest BCUT2D eigenvalue weighted by Gasteiger charge is 2.29. The second-order valence-corrected chi connectivity index (χ2v) is 7.36. The molecule has 6 heteroatoms. The van der Waals surface area contributed by atoms with Crippen LogP contribution in [0.1, 0.15) is 28.9 Å². The number of rotatable bonds is 7. The van der Waals surface area contributed by atoms with Crippen molar-refractivity contribution in [2.75, 3.05) is 13.7 Å². The molecule has 0 saturated carbocycles. The van der Waals surface area contributed by atoms with Gasteiger partial charge in [0, 0.05) is 12.6 Å². The molecule has 1 atom stereocenters. The molecule has 0 fully saturated rings. The zero-order valence-electron chi connectivity index (χ0n) is 14.3. The highest BCUT2D eigenvalue weighted by atomic mass is 32.2. The first-order valence-electron chi connectivity index (χ1n) is 7.78. The van der Waals surface area contributed by atoms with E-state index < -0.39 is 16.0 Å². The van der Waals surface area contributed by atoms with Gasteiger partial charge in [-0.25, -0.2) is 13.2 Å². The Morgan fingerprint density at radius 1 is 1.16 bits per heavy atom. The maximum Gasteiger partial charge on any atom is 0.337 e. The van der Waals surface area contributed by atoms with Crippen LogP contribution in [-0.4, -0.2) is 32.3 Å². The van der Waals surface area contributed by atoms with E-state index in [2.05, 4.69) is 11.3 Å². The molecule has 2 rings (SSSR count). The lowest BCUT2D eigenvalue weighted by molar-refractivity contribution is 0.0600. The molecule has 25 heavy (non-hydrogen) atoms. The molecule has 2 aromatic rings. The number of ether oxygens (including phenoxy) is 1. The monoisotopic (exact) mass is 359 g/mol. The summed E-state index contributed by atoms with van der Waals surface area (Å²) in [5.41, 5.74) is 1.19. The molecule has 5 nitrogen and oxygen atoms in total. The average molecular weight is 359 g/mol. The molecule has 1 unspecified atom stereocenters. The Morgan fingerprint density at radius 3 is 2.28 bits per heavy atom. The van der Waals surface area contributed by atoms with Crippen molar-refractivity contribution in [3.63, 3.8) is 0 Å². The van der Waals surface area contributed by atoms with Crippen LogP contribution >= 0.6 is 0 Å². The third-order valence-electron chi connectivity index (χ3n) is 3.90. The molecule has 0 aliphatic rings. The van der Waals surface area contributed by atoms with Gasteiger partial charge in [-0.05, 0) is 36.8 Å². The zero-order chi connectivity index (χ0) is 18.4. The Bertz CT molecular complexity index is 829. The van der Waals surface area contributed by atoms with Gasteiger partial charge >= 0.3 is 5.97 Å². The summed E-state index contributed by atoms with van der Waals surface area (Å²) in [6.07, 6.45) is 1.56. The number of carbonyl (C=O) groups excluding carboxylic acids is 1. The average Bonchev–Trinajstić information content (AvgIpc) is 2.65. The SMILES string of the molecule is C=CCN(C(C)c1ccccc1)S(=O)(=O)c1ccc(C(=O)OC)cc1. The topological polar surface area (TPSA) is 63.7 Å². The Labute approximate surface area is 148 Å². The highest BCUT2D eigenvalue weighted by molar-refractivity contribution is 7.89. The molecular formula is C19H21NO4S. The molecule has 0 bridgehead atoms. The van der Waals surface area contributed by atoms with E-state index in [0.29, 0.717) is 5.56 Å². The van der Waals surface area contributed by atoms with Crippen molar-refractivity contribution in [2.45, 2.75) is 17.9 Å². The van der Waals surface area contributed by atoms with Gasteiger partial charge in [-0.15, -0.1) is 6.58 Å². The fourth-order valence-corrected chi connectivity index (χ4v) is 4.10. The van der Waals surface area contributed by atoms with E-state index in [1.807, 2.05) is 37.3 Å². The minimum absolute atomic E-state index is 0.116.